The molecule has 110 valence electrons. The molecule has 2 heterocycles. The maximum absolute atomic E-state index is 11.9. The third kappa shape index (κ3) is 3.10. The van der Waals surface area contributed by atoms with Crippen molar-refractivity contribution in [2.45, 2.75) is 31.7 Å². The van der Waals surface area contributed by atoms with E-state index in [2.05, 4.69) is 5.32 Å². The molecule has 19 heavy (non-hydrogen) atoms. The number of nitrogens with zero attached hydrogens (tertiary/aromatic N) is 1. The molecule has 2 aliphatic heterocycles. The molecule has 2 amide bonds. The van der Waals surface area contributed by atoms with Gasteiger partial charge in [-0.1, -0.05) is 0 Å². The Bertz CT molecular complexity index is 391. The topological polar surface area (TPSA) is 98.7 Å². The van der Waals surface area contributed by atoms with Gasteiger partial charge in [0.2, 0.25) is 11.7 Å². The number of carbonyl (C=O) groups is 3. The van der Waals surface area contributed by atoms with Crippen LogP contribution >= 0.6 is 0 Å². The van der Waals surface area contributed by atoms with E-state index in [0.29, 0.717) is 26.1 Å². The zero-order chi connectivity index (χ0) is 13.8. The molecule has 0 aromatic carbocycles. The number of carbonyl (C=O) groups excluding carboxylic acids is 3. The van der Waals surface area contributed by atoms with Crippen molar-refractivity contribution >= 4 is 17.6 Å². The smallest absolute Gasteiger partial charge is 0.291 e. The van der Waals surface area contributed by atoms with Crippen LogP contribution in [0, 0.1) is 5.92 Å². The van der Waals surface area contributed by atoms with Crippen molar-refractivity contribution in [1.82, 2.24) is 15.7 Å². The molecular formula is C12H23N3O4. The Morgan fingerprint density at radius 3 is 2.74 bits per heavy atom. The van der Waals surface area contributed by atoms with Gasteiger partial charge in [-0.3, -0.25) is 14.4 Å². The van der Waals surface area contributed by atoms with Crippen LogP contribution in [0.1, 0.15) is 28.5 Å². The molecule has 2 aliphatic rings. The van der Waals surface area contributed by atoms with Crippen LogP contribution in [0.25, 0.3) is 0 Å². The number of hydroxylamine groups is 1. The van der Waals surface area contributed by atoms with Crippen LogP contribution in [0.15, 0.2) is 0 Å². The van der Waals surface area contributed by atoms with E-state index in [-0.39, 0.29) is 21.1 Å². The Morgan fingerprint density at radius 2 is 2.21 bits per heavy atom. The maximum Gasteiger partial charge on any atom is 0.291 e. The first-order valence-electron chi connectivity index (χ1n) is 6.64. The lowest BCUT2D eigenvalue weighted by Crippen LogP contribution is -2.52. The highest BCUT2D eigenvalue weighted by molar-refractivity contribution is 6.38. The minimum absolute atomic E-state index is 0. The second-order valence-electron chi connectivity index (χ2n) is 5.06. The average molecular weight is 273 g/mol. The zero-order valence-corrected chi connectivity index (χ0v) is 10.7. The largest absolute Gasteiger partial charge is 0.356 e. The molecule has 2 saturated heterocycles. The Kier molecular flexibility index (Phi) is 4.49. The summed E-state index contributed by atoms with van der Waals surface area (Å²) in [7, 11) is 0. The molecule has 0 radical (unpaired) electrons. The van der Waals surface area contributed by atoms with Gasteiger partial charge in [0, 0.05) is 28.4 Å². The summed E-state index contributed by atoms with van der Waals surface area (Å²) >= 11 is 0. The molecule has 0 unspecified atom stereocenters. The number of Topliss-reactive ketones (excluding diaryl/α,β-unsaturated/α-hetero) is 1. The van der Waals surface area contributed by atoms with Crippen molar-refractivity contribution in [2.75, 3.05) is 19.6 Å². The highest BCUT2D eigenvalue weighted by atomic mass is 16.5. The third-order valence-electron chi connectivity index (χ3n) is 3.75. The van der Waals surface area contributed by atoms with Gasteiger partial charge in [0.1, 0.15) is 6.04 Å². The first kappa shape index (κ1) is 14.0. The Balaban J connectivity index is 0.00000200. The van der Waals surface area contributed by atoms with Crippen molar-refractivity contribution in [1.29, 1.82) is 0 Å². The maximum atomic E-state index is 11.9. The zero-order valence-electron chi connectivity index (χ0n) is 10.7. The molecule has 0 aliphatic carbocycles. The molecule has 7 nitrogen and oxygen atoms in total. The number of likely N-dealkylation sites (tertiary alicyclic amines) is 1. The van der Waals surface area contributed by atoms with Crippen molar-refractivity contribution in [3.63, 3.8) is 0 Å². The van der Waals surface area contributed by atoms with E-state index in [4.69, 9.17) is 5.21 Å². The summed E-state index contributed by atoms with van der Waals surface area (Å²) in [6, 6.07) is -0.998. The number of hydrogen-bond acceptors (Lipinski definition) is 5. The molecule has 2 fully saturated rings. The Morgan fingerprint density at radius 1 is 1.47 bits per heavy atom. The van der Waals surface area contributed by atoms with E-state index < -0.39 is 17.7 Å². The van der Waals surface area contributed by atoms with Crippen molar-refractivity contribution in [3.05, 3.63) is 0 Å². The molecule has 0 aromatic rings. The van der Waals surface area contributed by atoms with E-state index in [1.165, 1.54) is 4.90 Å². The van der Waals surface area contributed by atoms with Gasteiger partial charge < -0.3 is 15.4 Å². The molecule has 3 N–H and O–H groups in total. The quantitative estimate of drug-likeness (QED) is 0.465. The van der Waals surface area contributed by atoms with Crippen LogP contribution in [-0.4, -0.2) is 53.4 Å². The number of rotatable bonds is 5. The van der Waals surface area contributed by atoms with E-state index in [1.807, 2.05) is 5.48 Å². The minimum Gasteiger partial charge on any atom is -0.356 e. The second kappa shape index (κ2) is 6.12. The predicted molar refractivity (Wildman–Crippen MR) is 69.5 cm³/mol. The van der Waals surface area contributed by atoms with Crippen LogP contribution in [0.2, 0.25) is 0 Å². The van der Waals surface area contributed by atoms with Gasteiger partial charge in [-0.2, -0.15) is 5.48 Å². The van der Waals surface area contributed by atoms with Crippen LogP contribution in [0.3, 0.4) is 0 Å². The fraction of sp³-hybridized carbons (Fsp3) is 0.750. The second-order valence-corrected chi connectivity index (χ2v) is 5.06. The summed E-state index contributed by atoms with van der Waals surface area (Å²) in [6.07, 6.45) is 2.58. The third-order valence-corrected chi connectivity index (χ3v) is 3.75. The van der Waals surface area contributed by atoms with Crippen LogP contribution in [0.4, 0.5) is 0 Å². The lowest BCUT2D eigenvalue weighted by atomic mass is 9.90. The SMILES string of the molecule is O=C1NCCC[C@H]1C[C@H](NO)C(=O)C(=O)N1CCC1.[HH].[HH]. The van der Waals surface area contributed by atoms with Gasteiger partial charge in [-0.15, -0.1) is 0 Å². The minimum atomic E-state index is -0.998. The summed E-state index contributed by atoms with van der Waals surface area (Å²) in [6.45, 7) is 1.83. The summed E-state index contributed by atoms with van der Waals surface area (Å²) in [5.74, 6) is -1.68. The van der Waals surface area contributed by atoms with Gasteiger partial charge in [0.15, 0.2) is 0 Å². The highest BCUT2D eigenvalue weighted by Crippen LogP contribution is 2.18. The highest BCUT2D eigenvalue weighted by Gasteiger charge is 2.35. The van der Waals surface area contributed by atoms with Crippen molar-refractivity contribution in [2.24, 2.45) is 5.92 Å². The molecule has 0 bridgehead atoms. The summed E-state index contributed by atoms with van der Waals surface area (Å²) in [5.41, 5.74) is 1.88. The number of ketones is 1. The van der Waals surface area contributed by atoms with E-state index >= 15 is 0 Å². The number of amides is 2. The fourth-order valence-electron chi connectivity index (χ4n) is 2.39. The summed E-state index contributed by atoms with van der Waals surface area (Å²) < 4.78 is 0. The normalized spacial score (nSPS) is 24.4. The number of hydrogen-bond donors (Lipinski definition) is 3. The molecule has 0 saturated carbocycles. The van der Waals surface area contributed by atoms with Crippen molar-refractivity contribution < 1.29 is 22.4 Å². The lowest BCUT2D eigenvalue weighted by molar-refractivity contribution is -0.150. The lowest BCUT2D eigenvalue weighted by Gasteiger charge is -2.31. The predicted octanol–water partition coefficient (Wildman–Crippen LogP) is -0.456. The summed E-state index contributed by atoms with van der Waals surface area (Å²) in [5, 5.41) is 11.8. The van der Waals surface area contributed by atoms with E-state index in [9.17, 15) is 14.4 Å². The standard InChI is InChI=1S/C12H19N3O4.2H2/c16-10(12(18)15-5-2-6-15)9(14-19)7-8-3-1-4-13-11(8)17;;/h8-9,14,19H,1-7H2,(H,13,17);2*1H/t8-,9-;;/m0../s1. The Hall–Kier alpha value is -1.47. The van der Waals surface area contributed by atoms with Crippen LogP contribution < -0.4 is 10.8 Å². The first-order valence-corrected chi connectivity index (χ1v) is 6.64. The molecular weight excluding hydrogens is 250 g/mol. The monoisotopic (exact) mass is 273 g/mol. The molecule has 2 rings (SSSR count). The molecule has 0 aromatic heterocycles. The van der Waals surface area contributed by atoms with Gasteiger partial charge in [0.25, 0.3) is 5.91 Å². The number of nitrogens with one attached hydrogen (secondary N) is 2. The molecule has 0 spiro atoms. The molecule has 2 atom stereocenters. The number of piperidine rings is 1. The Labute approximate surface area is 114 Å². The molecule has 7 heteroatoms. The van der Waals surface area contributed by atoms with E-state index in [1.54, 1.807) is 0 Å². The van der Waals surface area contributed by atoms with Gasteiger partial charge in [0.05, 0.1) is 0 Å². The summed E-state index contributed by atoms with van der Waals surface area (Å²) in [4.78, 5) is 36.8. The van der Waals surface area contributed by atoms with Crippen LogP contribution in [0.5, 0.6) is 0 Å². The van der Waals surface area contributed by atoms with Crippen LogP contribution in [-0.2, 0) is 14.4 Å². The van der Waals surface area contributed by atoms with Crippen molar-refractivity contribution in [3.8, 4) is 0 Å². The van der Waals surface area contributed by atoms with Gasteiger partial charge in [-0.05, 0) is 25.7 Å². The average Bonchev–Trinajstić information content (AvgIpc) is 2.35. The van der Waals surface area contributed by atoms with Gasteiger partial charge in [-0.25, -0.2) is 0 Å². The fourth-order valence-corrected chi connectivity index (χ4v) is 2.39. The first-order chi connectivity index (χ1) is 9.13. The van der Waals surface area contributed by atoms with E-state index in [0.717, 1.165) is 12.8 Å². The van der Waals surface area contributed by atoms with Gasteiger partial charge >= 0.3 is 0 Å².